The van der Waals surface area contributed by atoms with Crippen molar-refractivity contribution in [3.8, 4) is 5.75 Å². The minimum Gasteiger partial charge on any atom is -0.463 e. The molecule has 0 aliphatic carbocycles. The molecule has 0 aliphatic rings. The topological polar surface area (TPSA) is 105 Å². The van der Waals surface area contributed by atoms with Crippen LogP contribution in [-0.2, 0) is 14.3 Å². The monoisotopic (exact) mass is 423 g/mol. The standard InChI is InChI=1S/C22H33NO7/c1-16(2)8-6-5-7-9-19(14-15-21(24)28-17(3)4)29-22(25)30-20-12-10-18(11-13-20)23(26)27/h10-13,16-17,19H,5-9,14-15H2,1-4H3. The molecule has 1 unspecified atom stereocenters. The van der Waals surface area contributed by atoms with Crippen LogP contribution in [0, 0.1) is 16.0 Å². The molecule has 8 nitrogen and oxygen atoms in total. The van der Waals surface area contributed by atoms with Crippen molar-refractivity contribution in [1.29, 1.82) is 0 Å². The van der Waals surface area contributed by atoms with Crippen molar-refractivity contribution in [2.24, 2.45) is 5.92 Å². The van der Waals surface area contributed by atoms with Crippen molar-refractivity contribution in [1.82, 2.24) is 0 Å². The highest BCUT2D eigenvalue weighted by Gasteiger charge is 2.19. The van der Waals surface area contributed by atoms with Gasteiger partial charge in [0, 0.05) is 18.6 Å². The Morgan fingerprint density at radius 1 is 0.933 bits per heavy atom. The fraction of sp³-hybridized carbons (Fsp3) is 0.636. The Balaban J connectivity index is 2.57. The van der Waals surface area contributed by atoms with Crippen LogP contribution in [0.2, 0.25) is 0 Å². The Morgan fingerprint density at radius 3 is 2.13 bits per heavy atom. The first kappa shape index (κ1) is 25.4. The number of hydrogen-bond donors (Lipinski definition) is 0. The van der Waals surface area contributed by atoms with Gasteiger partial charge in [0.25, 0.3) is 5.69 Å². The highest BCUT2D eigenvalue weighted by molar-refractivity contribution is 5.69. The van der Waals surface area contributed by atoms with E-state index < -0.39 is 17.2 Å². The van der Waals surface area contributed by atoms with E-state index in [1.807, 2.05) is 0 Å². The lowest BCUT2D eigenvalue weighted by Crippen LogP contribution is -2.23. The number of carbonyl (C=O) groups excluding carboxylic acids is 2. The molecular formula is C22H33NO7. The summed E-state index contributed by atoms with van der Waals surface area (Å²) in [6.45, 7) is 7.92. The van der Waals surface area contributed by atoms with Crippen LogP contribution in [0.1, 0.15) is 72.6 Å². The van der Waals surface area contributed by atoms with Gasteiger partial charge in [-0.25, -0.2) is 4.79 Å². The fourth-order valence-corrected chi connectivity index (χ4v) is 2.86. The summed E-state index contributed by atoms with van der Waals surface area (Å²) in [5.74, 6) is 0.474. The molecule has 0 saturated carbocycles. The van der Waals surface area contributed by atoms with Crippen molar-refractivity contribution in [3.63, 3.8) is 0 Å². The molecule has 0 N–H and O–H groups in total. The van der Waals surface area contributed by atoms with Crippen molar-refractivity contribution in [2.45, 2.75) is 84.8 Å². The van der Waals surface area contributed by atoms with Crippen LogP contribution in [-0.4, -0.2) is 29.3 Å². The van der Waals surface area contributed by atoms with E-state index in [2.05, 4.69) is 13.8 Å². The third kappa shape index (κ3) is 11.4. The Labute approximate surface area is 178 Å². The second-order valence-corrected chi connectivity index (χ2v) is 7.95. The molecule has 0 aromatic heterocycles. The average Bonchev–Trinajstić information content (AvgIpc) is 2.65. The molecule has 0 saturated heterocycles. The quantitative estimate of drug-likeness (QED) is 0.129. The maximum atomic E-state index is 12.1. The van der Waals surface area contributed by atoms with Crippen LogP contribution in [0.25, 0.3) is 0 Å². The zero-order valence-corrected chi connectivity index (χ0v) is 18.3. The van der Waals surface area contributed by atoms with E-state index >= 15 is 0 Å². The maximum absolute atomic E-state index is 12.1. The summed E-state index contributed by atoms with van der Waals surface area (Å²) in [6, 6.07) is 5.16. The van der Waals surface area contributed by atoms with Gasteiger partial charge >= 0.3 is 12.1 Å². The molecule has 0 radical (unpaired) electrons. The summed E-state index contributed by atoms with van der Waals surface area (Å²) in [5.41, 5.74) is -0.0985. The first-order chi connectivity index (χ1) is 14.2. The molecule has 0 aliphatic heterocycles. The molecule has 8 heteroatoms. The SMILES string of the molecule is CC(C)CCCCCC(CCC(=O)OC(C)C)OC(=O)Oc1ccc([N+](=O)[O-])cc1. The van der Waals surface area contributed by atoms with Gasteiger partial charge in [0.1, 0.15) is 11.9 Å². The second kappa shape index (κ2) is 13.6. The van der Waals surface area contributed by atoms with Gasteiger partial charge in [0.15, 0.2) is 0 Å². The van der Waals surface area contributed by atoms with Gasteiger partial charge < -0.3 is 14.2 Å². The third-order valence-electron chi connectivity index (χ3n) is 4.36. The summed E-state index contributed by atoms with van der Waals surface area (Å²) < 4.78 is 15.7. The molecule has 30 heavy (non-hydrogen) atoms. The van der Waals surface area contributed by atoms with E-state index in [1.165, 1.54) is 24.3 Å². The first-order valence-corrected chi connectivity index (χ1v) is 10.5. The minimum absolute atomic E-state index is 0.0985. The molecule has 0 bridgehead atoms. The fourth-order valence-electron chi connectivity index (χ4n) is 2.86. The van der Waals surface area contributed by atoms with E-state index in [9.17, 15) is 19.7 Å². The molecule has 168 valence electrons. The average molecular weight is 424 g/mol. The van der Waals surface area contributed by atoms with Gasteiger partial charge in [0.2, 0.25) is 0 Å². The van der Waals surface area contributed by atoms with Gasteiger partial charge in [-0.2, -0.15) is 0 Å². The lowest BCUT2D eigenvalue weighted by Gasteiger charge is -2.18. The van der Waals surface area contributed by atoms with Crippen LogP contribution in [0.15, 0.2) is 24.3 Å². The van der Waals surface area contributed by atoms with Crippen LogP contribution in [0.4, 0.5) is 10.5 Å². The van der Waals surface area contributed by atoms with Gasteiger partial charge in [0.05, 0.1) is 11.0 Å². The Morgan fingerprint density at radius 2 is 1.57 bits per heavy atom. The van der Waals surface area contributed by atoms with Crippen molar-refractivity contribution in [3.05, 3.63) is 34.4 Å². The molecular weight excluding hydrogens is 390 g/mol. The number of nitrogens with zero attached hydrogens (tertiary/aromatic N) is 1. The van der Waals surface area contributed by atoms with E-state index in [-0.39, 0.29) is 29.9 Å². The molecule has 1 rings (SSSR count). The smallest absolute Gasteiger partial charge is 0.463 e. The van der Waals surface area contributed by atoms with E-state index in [1.54, 1.807) is 13.8 Å². The highest BCUT2D eigenvalue weighted by atomic mass is 16.7. The molecule has 0 heterocycles. The molecule has 1 aromatic rings. The Bertz CT molecular complexity index is 671. The number of hydrogen-bond acceptors (Lipinski definition) is 7. The van der Waals surface area contributed by atoms with Gasteiger partial charge in [-0.3, -0.25) is 14.9 Å². The number of esters is 1. The van der Waals surface area contributed by atoms with Gasteiger partial charge in [-0.15, -0.1) is 0 Å². The molecule has 0 amide bonds. The predicted molar refractivity (Wildman–Crippen MR) is 112 cm³/mol. The zero-order valence-electron chi connectivity index (χ0n) is 18.3. The van der Waals surface area contributed by atoms with E-state index in [0.29, 0.717) is 18.8 Å². The normalized spacial score (nSPS) is 11.9. The van der Waals surface area contributed by atoms with Crippen LogP contribution in [0.3, 0.4) is 0 Å². The third-order valence-corrected chi connectivity index (χ3v) is 4.36. The number of nitro benzene ring substituents is 1. The molecule has 1 aromatic carbocycles. The summed E-state index contributed by atoms with van der Waals surface area (Å²) in [4.78, 5) is 34.1. The van der Waals surface area contributed by atoms with Crippen LogP contribution >= 0.6 is 0 Å². The number of carbonyl (C=O) groups is 2. The van der Waals surface area contributed by atoms with Gasteiger partial charge in [-0.05, 0) is 51.2 Å². The number of non-ortho nitro benzene ring substituents is 1. The second-order valence-electron chi connectivity index (χ2n) is 7.95. The van der Waals surface area contributed by atoms with E-state index in [0.717, 1.165) is 25.7 Å². The summed E-state index contributed by atoms with van der Waals surface area (Å²) >= 11 is 0. The van der Waals surface area contributed by atoms with Crippen molar-refractivity contribution < 1.29 is 28.7 Å². The Kier molecular flexibility index (Phi) is 11.5. The van der Waals surface area contributed by atoms with Gasteiger partial charge in [-0.1, -0.05) is 33.1 Å². The van der Waals surface area contributed by atoms with Crippen LogP contribution < -0.4 is 4.74 Å². The summed E-state index contributed by atoms with van der Waals surface area (Å²) in [6.07, 6.45) is 3.73. The largest absolute Gasteiger partial charge is 0.514 e. The maximum Gasteiger partial charge on any atom is 0.514 e. The summed E-state index contributed by atoms with van der Waals surface area (Å²) in [7, 11) is 0. The molecule has 1 atom stereocenters. The van der Waals surface area contributed by atoms with Crippen molar-refractivity contribution in [2.75, 3.05) is 0 Å². The Hall–Kier alpha value is -2.64. The predicted octanol–water partition coefficient (Wildman–Crippen LogP) is 5.82. The van der Waals surface area contributed by atoms with Crippen LogP contribution in [0.5, 0.6) is 5.75 Å². The number of unbranched alkanes of at least 4 members (excludes halogenated alkanes) is 2. The highest BCUT2D eigenvalue weighted by Crippen LogP contribution is 2.20. The van der Waals surface area contributed by atoms with Crippen molar-refractivity contribution >= 4 is 17.8 Å². The number of rotatable bonds is 13. The zero-order chi connectivity index (χ0) is 22.5. The lowest BCUT2D eigenvalue weighted by atomic mass is 10.0. The molecule has 0 spiro atoms. The first-order valence-electron chi connectivity index (χ1n) is 10.5. The lowest BCUT2D eigenvalue weighted by molar-refractivity contribution is -0.384. The summed E-state index contributed by atoms with van der Waals surface area (Å²) in [5, 5.41) is 10.7. The molecule has 0 fully saturated rings. The number of ether oxygens (including phenoxy) is 3. The minimum atomic E-state index is -0.895. The number of benzene rings is 1. The number of nitro groups is 1. The van der Waals surface area contributed by atoms with E-state index in [4.69, 9.17) is 14.2 Å².